The lowest BCUT2D eigenvalue weighted by molar-refractivity contribution is 0.298. The van der Waals surface area contributed by atoms with Crippen LogP contribution in [0, 0.1) is 0 Å². The Balaban J connectivity index is 2.88. The summed E-state index contributed by atoms with van der Waals surface area (Å²) in [5.41, 5.74) is 7.65. The molecule has 0 aliphatic rings. The fourth-order valence-corrected chi connectivity index (χ4v) is 1.58. The highest BCUT2D eigenvalue weighted by molar-refractivity contribution is 5.53. The summed E-state index contributed by atoms with van der Waals surface area (Å²) in [4.78, 5) is 1.89. The zero-order valence-corrected chi connectivity index (χ0v) is 8.76. The molecule has 1 aromatic rings. The molecule has 0 aliphatic heterocycles. The molecule has 0 saturated heterocycles. The van der Waals surface area contributed by atoms with Crippen LogP contribution in [-0.4, -0.2) is 36.6 Å². The number of aliphatic hydroxyl groups is 2. The molecule has 4 heteroatoms. The van der Waals surface area contributed by atoms with E-state index in [-0.39, 0.29) is 13.2 Å². The average molecular weight is 210 g/mol. The first-order valence-corrected chi connectivity index (χ1v) is 5.08. The molecule has 4 N–H and O–H groups in total. The largest absolute Gasteiger partial charge is 0.396 e. The average Bonchev–Trinajstić information content (AvgIpc) is 2.27. The first-order chi connectivity index (χ1) is 7.33. The van der Waals surface area contributed by atoms with Crippen molar-refractivity contribution in [3.8, 4) is 0 Å². The molecular weight excluding hydrogens is 192 g/mol. The number of nitrogens with two attached hydrogens (primary N) is 1. The summed E-state index contributed by atoms with van der Waals surface area (Å²) in [5, 5.41) is 17.8. The van der Waals surface area contributed by atoms with E-state index in [1.54, 1.807) is 0 Å². The predicted molar refractivity (Wildman–Crippen MR) is 60.7 cm³/mol. The highest BCUT2D eigenvalue weighted by Crippen LogP contribution is 2.19. The zero-order chi connectivity index (χ0) is 11.1. The van der Waals surface area contributed by atoms with Crippen molar-refractivity contribution >= 4 is 5.69 Å². The molecule has 0 aliphatic carbocycles. The van der Waals surface area contributed by atoms with Crippen molar-refractivity contribution < 1.29 is 10.2 Å². The number of hydrogen-bond donors (Lipinski definition) is 3. The van der Waals surface area contributed by atoms with E-state index in [0.29, 0.717) is 19.6 Å². The Bertz CT molecular complexity index is 292. The van der Waals surface area contributed by atoms with Crippen LogP contribution in [-0.2, 0) is 6.42 Å². The first kappa shape index (κ1) is 12.0. The van der Waals surface area contributed by atoms with Crippen molar-refractivity contribution in [2.24, 2.45) is 5.73 Å². The van der Waals surface area contributed by atoms with Crippen LogP contribution in [0.25, 0.3) is 0 Å². The summed E-state index contributed by atoms with van der Waals surface area (Å²) in [6.45, 7) is 1.07. The molecule has 0 heterocycles. The fourth-order valence-electron chi connectivity index (χ4n) is 1.58. The van der Waals surface area contributed by atoms with E-state index in [0.717, 1.165) is 11.3 Å². The van der Waals surface area contributed by atoms with Crippen molar-refractivity contribution in [3.63, 3.8) is 0 Å². The lowest BCUT2D eigenvalue weighted by Crippen LogP contribution is -2.33. The van der Waals surface area contributed by atoms with Gasteiger partial charge in [-0.15, -0.1) is 0 Å². The van der Waals surface area contributed by atoms with Gasteiger partial charge in [0.25, 0.3) is 0 Å². The predicted octanol–water partition coefficient (Wildman–Crippen LogP) is -0.0637. The lowest BCUT2D eigenvalue weighted by Gasteiger charge is -2.24. The Morgan fingerprint density at radius 1 is 1.13 bits per heavy atom. The van der Waals surface area contributed by atoms with E-state index in [1.807, 2.05) is 29.2 Å². The number of hydrogen-bond acceptors (Lipinski definition) is 4. The van der Waals surface area contributed by atoms with Crippen LogP contribution in [0.1, 0.15) is 5.56 Å². The topological polar surface area (TPSA) is 69.7 Å². The highest BCUT2D eigenvalue weighted by Gasteiger charge is 2.07. The van der Waals surface area contributed by atoms with Gasteiger partial charge >= 0.3 is 0 Å². The van der Waals surface area contributed by atoms with Gasteiger partial charge in [0.15, 0.2) is 0 Å². The molecule has 0 fully saturated rings. The second-order valence-electron chi connectivity index (χ2n) is 3.27. The van der Waals surface area contributed by atoms with Crippen LogP contribution >= 0.6 is 0 Å². The molecule has 0 amide bonds. The second kappa shape index (κ2) is 6.40. The van der Waals surface area contributed by atoms with Crippen molar-refractivity contribution in [1.82, 2.24) is 0 Å². The molecule has 84 valence electrons. The van der Waals surface area contributed by atoms with E-state index in [4.69, 9.17) is 15.9 Å². The SMILES string of the molecule is NCN(CCO)c1ccccc1CCO. The summed E-state index contributed by atoms with van der Waals surface area (Å²) in [6.07, 6.45) is 0.609. The summed E-state index contributed by atoms with van der Waals surface area (Å²) >= 11 is 0. The van der Waals surface area contributed by atoms with Gasteiger partial charge in [-0.05, 0) is 18.1 Å². The monoisotopic (exact) mass is 210 g/mol. The second-order valence-corrected chi connectivity index (χ2v) is 3.27. The van der Waals surface area contributed by atoms with E-state index >= 15 is 0 Å². The molecule has 0 unspecified atom stereocenters. The Kier molecular flexibility index (Phi) is 5.10. The van der Waals surface area contributed by atoms with Gasteiger partial charge in [-0.2, -0.15) is 0 Å². The number of aliphatic hydroxyl groups excluding tert-OH is 2. The van der Waals surface area contributed by atoms with Gasteiger partial charge < -0.3 is 20.8 Å². The Hall–Kier alpha value is -1.10. The maximum atomic E-state index is 8.93. The van der Waals surface area contributed by atoms with Gasteiger partial charge in [0, 0.05) is 18.8 Å². The summed E-state index contributed by atoms with van der Waals surface area (Å²) in [5.74, 6) is 0. The Morgan fingerprint density at radius 2 is 1.87 bits per heavy atom. The van der Waals surface area contributed by atoms with E-state index in [1.165, 1.54) is 0 Å². The van der Waals surface area contributed by atoms with Crippen LogP contribution in [0.15, 0.2) is 24.3 Å². The van der Waals surface area contributed by atoms with Crippen LogP contribution in [0.5, 0.6) is 0 Å². The van der Waals surface area contributed by atoms with Crippen LogP contribution in [0.2, 0.25) is 0 Å². The summed E-state index contributed by atoms with van der Waals surface area (Å²) < 4.78 is 0. The molecule has 0 spiro atoms. The minimum absolute atomic E-state index is 0.0741. The van der Waals surface area contributed by atoms with Gasteiger partial charge in [0.1, 0.15) is 0 Å². The number of para-hydroxylation sites is 1. The molecule has 0 bridgehead atoms. The minimum atomic E-state index is 0.0741. The number of rotatable bonds is 6. The smallest absolute Gasteiger partial charge is 0.0658 e. The zero-order valence-electron chi connectivity index (χ0n) is 8.76. The van der Waals surface area contributed by atoms with Crippen LogP contribution in [0.4, 0.5) is 5.69 Å². The molecule has 0 radical (unpaired) electrons. The third-order valence-electron chi connectivity index (χ3n) is 2.30. The van der Waals surface area contributed by atoms with Gasteiger partial charge in [0.05, 0.1) is 13.3 Å². The Morgan fingerprint density at radius 3 is 2.47 bits per heavy atom. The maximum absolute atomic E-state index is 8.93. The minimum Gasteiger partial charge on any atom is -0.396 e. The molecule has 0 aromatic heterocycles. The fraction of sp³-hybridized carbons (Fsp3) is 0.455. The van der Waals surface area contributed by atoms with Gasteiger partial charge in [-0.1, -0.05) is 18.2 Å². The third-order valence-corrected chi connectivity index (χ3v) is 2.30. The molecule has 0 atom stereocenters. The highest BCUT2D eigenvalue weighted by atomic mass is 16.3. The number of anilines is 1. The van der Waals surface area contributed by atoms with Crippen LogP contribution in [0.3, 0.4) is 0 Å². The maximum Gasteiger partial charge on any atom is 0.0658 e. The van der Waals surface area contributed by atoms with Crippen molar-refractivity contribution in [1.29, 1.82) is 0 Å². The van der Waals surface area contributed by atoms with Crippen LogP contribution < -0.4 is 10.6 Å². The molecule has 1 rings (SSSR count). The molecule has 4 nitrogen and oxygen atoms in total. The summed E-state index contributed by atoms with van der Waals surface area (Å²) in [6, 6.07) is 7.78. The summed E-state index contributed by atoms with van der Waals surface area (Å²) in [7, 11) is 0. The molecule has 1 aromatic carbocycles. The van der Waals surface area contributed by atoms with E-state index in [2.05, 4.69) is 0 Å². The molecule has 0 saturated carbocycles. The quantitative estimate of drug-likeness (QED) is 0.575. The van der Waals surface area contributed by atoms with Crippen molar-refractivity contribution in [3.05, 3.63) is 29.8 Å². The molecular formula is C11H18N2O2. The van der Waals surface area contributed by atoms with E-state index in [9.17, 15) is 0 Å². The van der Waals surface area contributed by atoms with Gasteiger partial charge in [0.2, 0.25) is 0 Å². The van der Waals surface area contributed by atoms with E-state index < -0.39 is 0 Å². The van der Waals surface area contributed by atoms with Crippen molar-refractivity contribution in [2.75, 3.05) is 31.3 Å². The first-order valence-electron chi connectivity index (χ1n) is 5.08. The van der Waals surface area contributed by atoms with Crippen molar-refractivity contribution in [2.45, 2.75) is 6.42 Å². The standard InChI is InChI=1S/C11H18N2O2/c12-9-13(6-8-15)11-4-2-1-3-10(11)5-7-14/h1-4,14-15H,5-9,12H2. The normalized spacial score (nSPS) is 10.3. The Labute approximate surface area is 89.9 Å². The third kappa shape index (κ3) is 3.20. The van der Waals surface area contributed by atoms with Gasteiger partial charge in [-0.25, -0.2) is 0 Å². The number of nitrogens with zero attached hydrogens (tertiary/aromatic N) is 1. The molecule has 15 heavy (non-hydrogen) atoms. The lowest BCUT2D eigenvalue weighted by atomic mass is 10.1. The number of benzene rings is 1. The van der Waals surface area contributed by atoms with Gasteiger partial charge in [-0.3, -0.25) is 0 Å².